The molecule has 158 valence electrons. The molecule has 4 aliphatic rings. The molecule has 0 radical (unpaired) electrons. The summed E-state index contributed by atoms with van der Waals surface area (Å²) in [5.74, 6) is -0.984. The van der Waals surface area contributed by atoms with E-state index in [4.69, 9.17) is 14.2 Å². The third-order valence-electron chi connectivity index (χ3n) is 5.95. The van der Waals surface area contributed by atoms with Gasteiger partial charge in [0.2, 0.25) is 0 Å². The summed E-state index contributed by atoms with van der Waals surface area (Å²) in [4.78, 5) is 50.3. The second-order valence-electron chi connectivity index (χ2n) is 7.84. The number of ether oxygens (including phenoxy) is 3. The quantitative estimate of drug-likeness (QED) is 0.524. The van der Waals surface area contributed by atoms with Gasteiger partial charge in [-0.3, -0.25) is 9.59 Å². The molecule has 1 aromatic carbocycles. The molecule has 6 rings (SSSR count). The maximum atomic E-state index is 13.4. The van der Waals surface area contributed by atoms with Crippen LogP contribution in [0, 0.1) is 0 Å². The number of fused-ring (bicyclic) bond motifs is 3. The van der Waals surface area contributed by atoms with E-state index in [9.17, 15) is 19.2 Å². The minimum Gasteiger partial charge on any atom is -0.460 e. The van der Waals surface area contributed by atoms with Gasteiger partial charge in [0.25, 0.3) is 0 Å². The average Bonchev–Trinajstić information content (AvgIpc) is 3.42. The van der Waals surface area contributed by atoms with Crippen LogP contribution in [0.4, 0.5) is 0 Å². The van der Waals surface area contributed by atoms with Crippen molar-refractivity contribution < 1.29 is 23.8 Å². The minimum atomic E-state index is -0.688. The van der Waals surface area contributed by atoms with Gasteiger partial charge in [-0.2, -0.15) is 0 Å². The lowest BCUT2D eigenvalue weighted by molar-refractivity contribution is -0.158. The first-order valence-electron chi connectivity index (χ1n) is 9.90. The molecule has 1 aliphatic carbocycles. The molecular weight excluding hydrogens is 394 g/mol. The summed E-state index contributed by atoms with van der Waals surface area (Å²) >= 11 is 0. The Hall–Kier alpha value is -3.14. The van der Waals surface area contributed by atoms with Crippen LogP contribution in [0.1, 0.15) is 38.8 Å². The fraction of sp³-hybridized carbons (Fsp3) is 0.500. The van der Waals surface area contributed by atoms with Gasteiger partial charge in [-0.1, -0.05) is 18.2 Å². The Bertz CT molecular complexity index is 1060. The van der Waals surface area contributed by atoms with Crippen LogP contribution in [-0.4, -0.2) is 50.3 Å². The van der Waals surface area contributed by atoms with Crippen molar-refractivity contribution in [2.24, 2.45) is 0 Å². The van der Waals surface area contributed by atoms with E-state index in [-0.39, 0.29) is 0 Å². The zero-order chi connectivity index (χ0) is 21.2. The summed E-state index contributed by atoms with van der Waals surface area (Å²) < 4.78 is 20.6. The van der Waals surface area contributed by atoms with Gasteiger partial charge < -0.3 is 14.2 Å². The van der Waals surface area contributed by atoms with Crippen LogP contribution in [-0.2, 0) is 23.8 Å². The Morgan fingerprint density at radius 2 is 1.33 bits per heavy atom. The summed E-state index contributed by atoms with van der Waals surface area (Å²) in [5, 5.41) is 0. The molecule has 3 aliphatic heterocycles. The number of carbonyl (C=O) groups excluding carboxylic acids is 2. The standard InChI is InChI=1S/C20H21N3O7/c1-10(24)28-13-8-9-14(29-11(2)25)16-18-17(30-18)15(13)22-19(26)21(20(27)23(16)22)12-6-4-3-5-7-12/h3-7,13-18H,8-9H2,1-2H3/t13-,14+,15?,16?,17?,18?. The van der Waals surface area contributed by atoms with Gasteiger partial charge in [-0.25, -0.2) is 23.5 Å². The zero-order valence-corrected chi connectivity index (χ0v) is 16.5. The van der Waals surface area contributed by atoms with Crippen LogP contribution in [0.15, 0.2) is 39.9 Å². The number of benzene rings is 1. The second-order valence-corrected chi connectivity index (χ2v) is 7.84. The first-order valence-corrected chi connectivity index (χ1v) is 9.90. The van der Waals surface area contributed by atoms with Crippen molar-refractivity contribution in [2.75, 3.05) is 0 Å². The van der Waals surface area contributed by atoms with E-state index in [0.717, 1.165) is 4.57 Å². The smallest absolute Gasteiger partial charge is 0.352 e. The Balaban J connectivity index is 1.74. The summed E-state index contributed by atoms with van der Waals surface area (Å²) in [6.07, 6.45) is -1.42. The Kier molecular flexibility index (Phi) is 4.21. The van der Waals surface area contributed by atoms with Crippen LogP contribution >= 0.6 is 0 Å². The van der Waals surface area contributed by atoms with Gasteiger partial charge in [0.15, 0.2) is 0 Å². The summed E-state index contributed by atoms with van der Waals surface area (Å²) in [6, 6.07) is 7.35. The van der Waals surface area contributed by atoms with Crippen molar-refractivity contribution in [3.05, 3.63) is 51.3 Å². The molecule has 10 heteroatoms. The van der Waals surface area contributed by atoms with Crippen LogP contribution in [0.2, 0.25) is 0 Å². The Labute approximate surface area is 170 Å². The first kappa shape index (κ1) is 18.9. The molecule has 2 fully saturated rings. The molecule has 1 saturated heterocycles. The van der Waals surface area contributed by atoms with E-state index >= 15 is 0 Å². The highest BCUT2D eigenvalue weighted by Gasteiger charge is 2.63. The fourth-order valence-electron chi connectivity index (χ4n) is 4.87. The van der Waals surface area contributed by atoms with Crippen LogP contribution < -0.4 is 11.4 Å². The Morgan fingerprint density at radius 1 is 0.867 bits per heavy atom. The number of hydrogen-bond acceptors (Lipinski definition) is 7. The van der Waals surface area contributed by atoms with Crippen molar-refractivity contribution in [2.45, 2.75) is 63.2 Å². The van der Waals surface area contributed by atoms with Crippen LogP contribution in [0.5, 0.6) is 0 Å². The van der Waals surface area contributed by atoms with Crippen LogP contribution in [0.3, 0.4) is 0 Å². The molecule has 4 heterocycles. The molecule has 1 aromatic heterocycles. The lowest BCUT2D eigenvalue weighted by Gasteiger charge is -2.38. The number of esters is 2. The Morgan fingerprint density at radius 3 is 1.77 bits per heavy atom. The number of hydrogen-bond donors (Lipinski definition) is 0. The van der Waals surface area contributed by atoms with E-state index < -0.39 is 59.8 Å². The van der Waals surface area contributed by atoms with Crippen molar-refractivity contribution in [1.29, 1.82) is 0 Å². The largest absolute Gasteiger partial charge is 0.460 e. The number of epoxide rings is 1. The lowest BCUT2D eigenvalue weighted by Crippen LogP contribution is -2.53. The minimum absolute atomic E-state index is 0.377. The number of nitrogens with zero attached hydrogens (tertiary/aromatic N) is 3. The summed E-state index contributed by atoms with van der Waals surface area (Å²) in [6.45, 7) is 2.59. The van der Waals surface area contributed by atoms with Gasteiger partial charge in [-0.05, 0) is 25.0 Å². The molecule has 10 nitrogen and oxygen atoms in total. The predicted molar refractivity (Wildman–Crippen MR) is 101 cm³/mol. The van der Waals surface area contributed by atoms with Gasteiger partial charge in [0.05, 0.1) is 5.69 Å². The summed E-state index contributed by atoms with van der Waals surface area (Å²) in [5.41, 5.74) is -0.659. The van der Waals surface area contributed by atoms with Crippen molar-refractivity contribution in [1.82, 2.24) is 13.9 Å². The van der Waals surface area contributed by atoms with Crippen molar-refractivity contribution in [3.63, 3.8) is 0 Å². The normalized spacial score (nSPS) is 31.1. The topological polar surface area (TPSA) is 114 Å². The molecule has 2 aromatic rings. The number of aromatic nitrogens is 3. The molecule has 6 atom stereocenters. The monoisotopic (exact) mass is 415 g/mol. The number of carbonyl (C=O) groups is 2. The first-order chi connectivity index (χ1) is 14.4. The molecular formula is C20H21N3O7. The molecule has 30 heavy (non-hydrogen) atoms. The van der Waals surface area contributed by atoms with E-state index in [2.05, 4.69) is 0 Å². The highest BCUT2D eigenvalue weighted by molar-refractivity contribution is 5.66. The molecule has 0 spiro atoms. The van der Waals surface area contributed by atoms with E-state index in [0.29, 0.717) is 18.5 Å². The highest BCUT2D eigenvalue weighted by atomic mass is 16.6. The molecule has 4 unspecified atom stereocenters. The van der Waals surface area contributed by atoms with Gasteiger partial charge in [0, 0.05) is 13.8 Å². The van der Waals surface area contributed by atoms with Gasteiger partial charge in [-0.15, -0.1) is 0 Å². The molecule has 0 N–H and O–H groups in total. The number of rotatable bonds is 3. The van der Waals surface area contributed by atoms with E-state index in [1.807, 2.05) is 0 Å². The van der Waals surface area contributed by atoms with E-state index in [1.54, 1.807) is 30.3 Å². The third kappa shape index (κ3) is 2.74. The van der Waals surface area contributed by atoms with Gasteiger partial charge in [0.1, 0.15) is 36.5 Å². The predicted octanol–water partition coefficient (Wildman–Crippen LogP) is 0.321. The third-order valence-corrected chi connectivity index (χ3v) is 5.95. The number of para-hydroxylation sites is 1. The maximum Gasteiger partial charge on any atom is 0.352 e. The van der Waals surface area contributed by atoms with Crippen molar-refractivity contribution in [3.8, 4) is 5.69 Å². The fourth-order valence-corrected chi connectivity index (χ4v) is 4.87. The maximum absolute atomic E-state index is 13.4. The molecule has 2 bridgehead atoms. The SMILES string of the molecule is CC(=O)O[C@H]1CC[C@@H](OC(C)=O)C2C3OC3C1n1c(=O)n(-c3ccccc3)c(=O)n12. The van der Waals surface area contributed by atoms with Crippen LogP contribution in [0.25, 0.3) is 5.69 Å². The molecule has 1 saturated carbocycles. The lowest BCUT2D eigenvalue weighted by atomic mass is 9.87. The zero-order valence-electron chi connectivity index (χ0n) is 16.5. The van der Waals surface area contributed by atoms with Crippen molar-refractivity contribution >= 4 is 11.9 Å². The average molecular weight is 415 g/mol. The summed E-state index contributed by atoms with van der Waals surface area (Å²) in [7, 11) is 0. The van der Waals surface area contributed by atoms with E-state index in [1.165, 1.54) is 23.2 Å². The van der Waals surface area contributed by atoms with Gasteiger partial charge >= 0.3 is 23.3 Å². The molecule has 0 amide bonds. The second kappa shape index (κ2) is 6.69. The highest BCUT2D eigenvalue weighted by Crippen LogP contribution is 2.50.